The van der Waals surface area contributed by atoms with E-state index in [4.69, 9.17) is 0 Å². The minimum atomic E-state index is -0.208. The summed E-state index contributed by atoms with van der Waals surface area (Å²) in [5, 5.41) is 5.44. The van der Waals surface area contributed by atoms with Crippen molar-refractivity contribution in [1.29, 1.82) is 0 Å². The quantitative estimate of drug-likeness (QED) is 0.751. The van der Waals surface area contributed by atoms with Crippen LogP contribution in [0.5, 0.6) is 0 Å². The molecule has 0 heterocycles. The highest BCUT2D eigenvalue weighted by atomic mass is 16.2. The predicted molar refractivity (Wildman–Crippen MR) is 71.6 cm³/mol. The van der Waals surface area contributed by atoms with E-state index in [1.165, 1.54) is 0 Å². The van der Waals surface area contributed by atoms with E-state index in [0.29, 0.717) is 24.2 Å². The average Bonchev–Trinajstić information content (AvgIpc) is 2.42. The molecule has 0 unspecified atom stereocenters. The first-order valence-corrected chi connectivity index (χ1v) is 5.96. The molecule has 0 aliphatic rings. The van der Waals surface area contributed by atoms with Crippen LogP contribution >= 0.6 is 0 Å². The number of hydrogen-bond donors (Lipinski definition) is 2. The maximum Gasteiger partial charge on any atom is 0.251 e. The molecule has 2 N–H and O–H groups in total. The lowest BCUT2D eigenvalue weighted by Crippen LogP contribution is -2.26. The molecule has 0 fully saturated rings. The Kier molecular flexibility index (Phi) is 5.64. The third-order valence-corrected chi connectivity index (χ3v) is 2.33. The Hall–Kier alpha value is -2.10. The van der Waals surface area contributed by atoms with Crippen molar-refractivity contribution in [2.45, 2.75) is 13.3 Å². The van der Waals surface area contributed by atoms with Gasteiger partial charge in [-0.25, -0.2) is 0 Å². The molecular weight excluding hydrogens is 228 g/mol. The van der Waals surface area contributed by atoms with Gasteiger partial charge < -0.3 is 10.6 Å². The highest BCUT2D eigenvalue weighted by Gasteiger charge is 2.09. The number of benzene rings is 1. The molecule has 0 radical (unpaired) electrons. The number of rotatable bonds is 6. The van der Waals surface area contributed by atoms with Crippen LogP contribution in [0.15, 0.2) is 36.9 Å². The SMILES string of the molecule is C=CCNC(=O)c1cccc(C(=O)NCCC)c1. The second kappa shape index (κ2) is 7.27. The van der Waals surface area contributed by atoms with Gasteiger partial charge in [-0.05, 0) is 24.6 Å². The molecule has 0 saturated heterocycles. The van der Waals surface area contributed by atoms with Crippen molar-refractivity contribution in [3.63, 3.8) is 0 Å². The summed E-state index contributed by atoms with van der Waals surface area (Å²) in [6, 6.07) is 6.65. The second-order valence-electron chi connectivity index (χ2n) is 3.84. The van der Waals surface area contributed by atoms with Gasteiger partial charge in [0.2, 0.25) is 0 Å². The lowest BCUT2D eigenvalue weighted by atomic mass is 10.1. The van der Waals surface area contributed by atoms with E-state index in [0.717, 1.165) is 6.42 Å². The van der Waals surface area contributed by atoms with Gasteiger partial charge in [0.05, 0.1) is 0 Å². The summed E-state index contributed by atoms with van der Waals surface area (Å²) >= 11 is 0. The summed E-state index contributed by atoms with van der Waals surface area (Å²) < 4.78 is 0. The number of nitrogens with one attached hydrogen (secondary N) is 2. The topological polar surface area (TPSA) is 58.2 Å². The number of amides is 2. The molecule has 0 aliphatic heterocycles. The van der Waals surface area contributed by atoms with Crippen LogP contribution in [0.25, 0.3) is 0 Å². The van der Waals surface area contributed by atoms with E-state index in [1.54, 1.807) is 30.3 Å². The standard InChI is InChI=1S/C14H18N2O2/c1-3-8-15-13(17)11-6-5-7-12(10-11)14(18)16-9-4-2/h3,5-7,10H,1,4,8-9H2,2H3,(H,15,17)(H,16,18). The molecular formula is C14H18N2O2. The fourth-order valence-electron chi connectivity index (χ4n) is 1.41. The van der Waals surface area contributed by atoms with Crippen molar-refractivity contribution >= 4 is 11.8 Å². The zero-order chi connectivity index (χ0) is 13.4. The maximum absolute atomic E-state index is 11.7. The van der Waals surface area contributed by atoms with Gasteiger partial charge in [0.25, 0.3) is 11.8 Å². The monoisotopic (exact) mass is 246 g/mol. The van der Waals surface area contributed by atoms with E-state index in [9.17, 15) is 9.59 Å². The third-order valence-electron chi connectivity index (χ3n) is 2.33. The number of carbonyl (C=O) groups excluding carboxylic acids is 2. The molecule has 0 aromatic heterocycles. The van der Waals surface area contributed by atoms with Gasteiger partial charge in [-0.1, -0.05) is 19.1 Å². The molecule has 0 aliphatic carbocycles. The lowest BCUT2D eigenvalue weighted by molar-refractivity contribution is 0.0953. The first kappa shape index (κ1) is 14.0. The normalized spacial score (nSPS) is 9.61. The zero-order valence-corrected chi connectivity index (χ0v) is 10.5. The molecule has 0 atom stereocenters. The average molecular weight is 246 g/mol. The molecule has 2 amide bonds. The Bertz CT molecular complexity index is 441. The number of carbonyl (C=O) groups is 2. The van der Waals surface area contributed by atoms with Gasteiger partial charge in [0, 0.05) is 24.2 Å². The highest BCUT2D eigenvalue weighted by Crippen LogP contribution is 2.05. The summed E-state index contributed by atoms with van der Waals surface area (Å²) in [6.45, 7) is 6.55. The predicted octanol–water partition coefficient (Wildman–Crippen LogP) is 1.74. The van der Waals surface area contributed by atoms with Gasteiger partial charge in [-0.15, -0.1) is 6.58 Å². The van der Waals surface area contributed by atoms with E-state index in [2.05, 4.69) is 17.2 Å². The minimum Gasteiger partial charge on any atom is -0.352 e. The number of hydrogen-bond acceptors (Lipinski definition) is 2. The summed E-state index contributed by atoms with van der Waals surface area (Å²) in [5.41, 5.74) is 0.968. The molecule has 18 heavy (non-hydrogen) atoms. The lowest BCUT2D eigenvalue weighted by Gasteiger charge is -2.06. The van der Waals surface area contributed by atoms with E-state index < -0.39 is 0 Å². The van der Waals surface area contributed by atoms with Crippen molar-refractivity contribution < 1.29 is 9.59 Å². The molecule has 1 aromatic rings. The highest BCUT2D eigenvalue weighted by molar-refractivity contribution is 5.99. The van der Waals surface area contributed by atoms with Gasteiger partial charge in [0.1, 0.15) is 0 Å². The molecule has 1 rings (SSSR count). The van der Waals surface area contributed by atoms with Crippen LogP contribution in [-0.4, -0.2) is 24.9 Å². The van der Waals surface area contributed by atoms with Gasteiger partial charge in [-0.2, -0.15) is 0 Å². The van der Waals surface area contributed by atoms with Gasteiger partial charge >= 0.3 is 0 Å². The van der Waals surface area contributed by atoms with Crippen LogP contribution in [-0.2, 0) is 0 Å². The Morgan fingerprint density at radius 1 is 1.22 bits per heavy atom. The van der Waals surface area contributed by atoms with Crippen LogP contribution in [0, 0.1) is 0 Å². The van der Waals surface area contributed by atoms with Gasteiger partial charge in [-0.3, -0.25) is 9.59 Å². The third kappa shape index (κ3) is 4.05. The Morgan fingerprint density at radius 2 is 1.83 bits per heavy atom. The Morgan fingerprint density at radius 3 is 2.39 bits per heavy atom. The molecule has 0 saturated carbocycles. The first-order valence-electron chi connectivity index (χ1n) is 5.96. The van der Waals surface area contributed by atoms with E-state index in [-0.39, 0.29) is 11.8 Å². The van der Waals surface area contributed by atoms with E-state index in [1.807, 2.05) is 6.92 Å². The molecule has 4 nitrogen and oxygen atoms in total. The van der Waals surface area contributed by atoms with Crippen LogP contribution in [0.4, 0.5) is 0 Å². The second-order valence-corrected chi connectivity index (χ2v) is 3.84. The summed E-state index contributed by atoms with van der Waals surface area (Å²) in [5.74, 6) is -0.365. The van der Waals surface area contributed by atoms with Crippen LogP contribution < -0.4 is 10.6 Å². The minimum absolute atomic E-state index is 0.157. The maximum atomic E-state index is 11.7. The summed E-state index contributed by atoms with van der Waals surface area (Å²) in [6.07, 6.45) is 2.49. The van der Waals surface area contributed by atoms with E-state index >= 15 is 0 Å². The van der Waals surface area contributed by atoms with Crippen LogP contribution in [0.2, 0.25) is 0 Å². The molecule has 96 valence electrons. The summed E-state index contributed by atoms with van der Waals surface area (Å²) in [4.78, 5) is 23.4. The fraction of sp³-hybridized carbons (Fsp3) is 0.286. The van der Waals surface area contributed by atoms with Crippen molar-refractivity contribution in [2.24, 2.45) is 0 Å². The zero-order valence-electron chi connectivity index (χ0n) is 10.5. The first-order chi connectivity index (χ1) is 8.69. The Balaban J connectivity index is 2.75. The molecule has 1 aromatic carbocycles. The largest absolute Gasteiger partial charge is 0.352 e. The molecule has 0 spiro atoms. The molecule has 4 heteroatoms. The van der Waals surface area contributed by atoms with Crippen molar-refractivity contribution in [2.75, 3.05) is 13.1 Å². The Labute approximate surface area is 107 Å². The van der Waals surface area contributed by atoms with Crippen molar-refractivity contribution in [3.05, 3.63) is 48.0 Å². The smallest absolute Gasteiger partial charge is 0.251 e. The van der Waals surface area contributed by atoms with Crippen molar-refractivity contribution in [1.82, 2.24) is 10.6 Å². The van der Waals surface area contributed by atoms with Crippen LogP contribution in [0.1, 0.15) is 34.1 Å². The molecule has 0 bridgehead atoms. The van der Waals surface area contributed by atoms with Crippen molar-refractivity contribution in [3.8, 4) is 0 Å². The van der Waals surface area contributed by atoms with Gasteiger partial charge in [0.15, 0.2) is 0 Å². The van der Waals surface area contributed by atoms with Crippen LogP contribution in [0.3, 0.4) is 0 Å². The summed E-state index contributed by atoms with van der Waals surface area (Å²) in [7, 11) is 0. The fourth-order valence-corrected chi connectivity index (χ4v) is 1.41.